The number of hydrogen-bond acceptors (Lipinski definition) is 7. The molecule has 12 heteroatoms. The molecule has 0 saturated heterocycles. The highest BCUT2D eigenvalue weighted by molar-refractivity contribution is 6.40. The summed E-state index contributed by atoms with van der Waals surface area (Å²) >= 11 is 11.9. The molecular weight excluding hydrogens is 463 g/mol. The van der Waals surface area contributed by atoms with Crippen LogP contribution in [0.2, 0.25) is 10.0 Å². The van der Waals surface area contributed by atoms with Crippen LogP contribution >= 0.6 is 23.2 Å². The van der Waals surface area contributed by atoms with Crippen LogP contribution in [-0.4, -0.2) is 15.8 Å². The third-order valence-electron chi connectivity index (χ3n) is 4.10. The van der Waals surface area contributed by atoms with Crippen molar-refractivity contribution in [1.29, 1.82) is 5.26 Å². The van der Waals surface area contributed by atoms with E-state index in [1.54, 1.807) is 12.1 Å². The molecule has 0 aliphatic rings. The summed E-state index contributed by atoms with van der Waals surface area (Å²) in [6, 6.07) is 12.5. The molecule has 0 atom stereocenters. The average Bonchev–Trinajstić information content (AvgIpc) is 3.23. The van der Waals surface area contributed by atoms with Crippen molar-refractivity contribution < 1.29 is 19.1 Å². The minimum Gasteiger partial charge on any atom is -0.457 e. The number of nitrogens with zero attached hydrogens (tertiary/aromatic N) is 3. The van der Waals surface area contributed by atoms with E-state index in [9.17, 15) is 30.3 Å². The van der Waals surface area contributed by atoms with E-state index >= 15 is 0 Å². The van der Waals surface area contributed by atoms with Crippen LogP contribution in [0.4, 0.5) is 17.1 Å². The lowest BCUT2D eigenvalue weighted by Gasteiger charge is -2.08. The first-order valence-electron chi connectivity index (χ1n) is 8.61. The molecular formula is C20H10Cl2N4O6. The van der Waals surface area contributed by atoms with E-state index in [1.807, 2.05) is 0 Å². The third kappa shape index (κ3) is 4.92. The van der Waals surface area contributed by atoms with Crippen molar-refractivity contribution in [2.24, 2.45) is 0 Å². The average molecular weight is 473 g/mol. The largest absolute Gasteiger partial charge is 0.457 e. The van der Waals surface area contributed by atoms with Crippen molar-refractivity contribution in [2.75, 3.05) is 5.32 Å². The molecule has 160 valence electrons. The van der Waals surface area contributed by atoms with Gasteiger partial charge in [0.25, 0.3) is 17.3 Å². The van der Waals surface area contributed by atoms with Gasteiger partial charge in [-0.2, -0.15) is 5.26 Å². The van der Waals surface area contributed by atoms with Crippen LogP contribution in [-0.2, 0) is 4.79 Å². The molecule has 1 amide bonds. The van der Waals surface area contributed by atoms with Gasteiger partial charge in [-0.1, -0.05) is 35.3 Å². The summed E-state index contributed by atoms with van der Waals surface area (Å²) in [4.78, 5) is 33.1. The number of hydrogen-bond donors (Lipinski definition) is 1. The molecule has 0 unspecified atom stereocenters. The molecule has 0 fully saturated rings. The Morgan fingerprint density at radius 2 is 1.69 bits per heavy atom. The van der Waals surface area contributed by atoms with Crippen LogP contribution in [0.15, 0.2) is 58.5 Å². The first-order valence-corrected chi connectivity index (χ1v) is 9.36. The van der Waals surface area contributed by atoms with E-state index in [1.165, 1.54) is 30.3 Å². The first kappa shape index (κ1) is 22.5. The first-order chi connectivity index (χ1) is 15.2. The van der Waals surface area contributed by atoms with E-state index < -0.39 is 15.8 Å². The Kier molecular flexibility index (Phi) is 6.53. The van der Waals surface area contributed by atoms with E-state index in [0.717, 1.165) is 18.2 Å². The number of nitro groups is 2. The van der Waals surface area contributed by atoms with Crippen molar-refractivity contribution in [1.82, 2.24) is 0 Å². The molecule has 1 N–H and O–H groups in total. The number of nitrogens with one attached hydrogen (secondary N) is 1. The van der Waals surface area contributed by atoms with Gasteiger partial charge >= 0.3 is 0 Å². The Bertz CT molecular complexity index is 1300. The van der Waals surface area contributed by atoms with Gasteiger partial charge in [-0.25, -0.2) is 0 Å². The summed E-state index contributed by atoms with van der Waals surface area (Å²) < 4.78 is 5.57. The summed E-state index contributed by atoms with van der Waals surface area (Å²) in [5.41, 5.74) is -0.508. The SMILES string of the molecule is N#C/C(=C\c1ccc(-c2cccc([N+](=O)[O-])c2)o1)C(=O)Nc1c(Cl)cc([N+](=O)[O-])cc1Cl. The van der Waals surface area contributed by atoms with Gasteiger partial charge in [0, 0.05) is 35.9 Å². The minimum absolute atomic E-state index is 0.0955. The molecule has 1 heterocycles. The molecule has 0 aliphatic carbocycles. The Morgan fingerprint density at radius 1 is 1.03 bits per heavy atom. The molecule has 0 bridgehead atoms. The second kappa shape index (κ2) is 9.30. The van der Waals surface area contributed by atoms with E-state index in [0.29, 0.717) is 11.3 Å². The lowest BCUT2D eigenvalue weighted by Crippen LogP contribution is -2.14. The van der Waals surface area contributed by atoms with Gasteiger partial charge < -0.3 is 9.73 Å². The summed E-state index contributed by atoms with van der Waals surface area (Å²) in [6.45, 7) is 0. The number of halogens is 2. The number of nitro benzene ring substituents is 2. The van der Waals surface area contributed by atoms with Gasteiger partial charge in [0.15, 0.2) is 0 Å². The second-order valence-electron chi connectivity index (χ2n) is 6.17. The van der Waals surface area contributed by atoms with Gasteiger partial charge in [0.05, 0.1) is 25.6 Å². The Labute approximate surface area is 189 Å². The molecule has 1 aromatic heterocycles. The highest BCUT2D eigenvalue weighted by Crippen LogP contribution is 2.35. The second-order valence-corrected chi connectivity index (χ2v) is 6.99. The van der Waals surface area contributed by atoms with Crippen LogP contribution in [0.25, 0.3) is 17.4 Å². The lowest BCUT2D eigenvalue weighted by molar-refractivity contribution is -0.385. The number of non-ortho nitro benzene ring substituents is 2. The maximum atomic E-state index is 12.5. The molecule has 32 heavy (non-hydrogen) atoms. The van der Waals surface area contributed by atoms with Crippen LogP contribution < -0.4 is 5.32 Å². The summed E-state index contributed by atoms with van der Waals surface area (Å²) in [6.07, 6.45) is 1.16. The molecule has 0 aliphatic heterocycles. The summed E-state index contributed by atoms with van der Waals surface area (Å²) in [7, 11) is 0. The standard InChI is InChI=1S/C20H10Cl2N4O6/c21-16-8-14(26(30)31)9-17(22)19(16)24-20(27)12(10-23)7-15-4-5-18(32-15)11-2-1-3-13(6-11)25(28)29/h1-9H,(H,24,27)/b12-7+. The maximum absolute atomic E-state index is 12.5. The number of rotatable bonds is 6. The summed E-state index contributed by atoms with van der Waals surface area (Å²) in [5.74, 6) is -0.448. The molecule has 3 aromatic rings. The molecule has 10 nitrogen and oxygen atoms in total. The number of benzene rings is 2. The smallest absolute Gasteiger partial charge is 0.272 e. The number of amides is 1. The topological polar surface area (TPSA) is 152 Å². The third-order valence-corrected chi connectivity index (χ3v) is 4.69. The number of furan rings is 1. The molecule has 3 rings (SSSR count). The monoisotopic (exact) mass is 472 g/mol. The van der Waals surface area contributed by atoms with Gasteiger partial charge in [-0.15, -0.1) is 0 Å². The zero-order valence-electron chi connectivity index (χ0n) is 15.7. The van der Waals surface area contributed by atoms with Crippen LogP contribution in [0.5, 0.6) is 0 Å². The van der Waals surface area contributed by atoms with Crippen molar-refractivity contribution in [3.8, 4) is 17.4 Å². The Morgan fingerprint density at radius 3 is 2.28 bits per heavy atom. The predicted octanol–water partition coefficient (Wildman–Crippen LogP) is 5.62. The lowest BCUT2D eigenvalue weighted by atomic mass is 10.1. The molecule has 0 saturated carbocycles. The van der Waals surface area contributed by atoms with Gasteiger partial charge in [0.1, 0.15) is 23.2 Å². The minimum atomic E-state index is -0.876. The number of anilines is 1. The van der Waals surface area contributed by atoms with E-state index in [2.05, 4.69) is 5.32 Å². The fourth-order valence-corrected chi connectivity index (χ4v) is 3.18. The van der Waals surface area contributed by atoms with E-state index in [4.69, 9.17) is 27.6 Å². The number of carbonyl (C=O) groups excluding carboxylic acids is 1. The fraction of sp³-hybridized carbons (Fsp3) is 0. The molecule has 2 aromatic carbocycles. The molecule has 0 radical (unpaired) electrons. The van der Waals surface area contributed by atoms with Crippen molar-refractivity contribution in [3.63, 3.8) is 0 Å². The quantitative estimate of drug-likeness (QED) is 0.211. The van der Waals surface area contributed by atoms with Crippen molar-refractivity contribution in [2.45, 2.75) is 0 Å². The van der Waals surface area contributed by atoms with Gasteiger partial charge in [-0.3, -0.25) is 25.0 Å². The number of carbonyl (C=O) groups is 1. The highest BCUT2D eigenvalue weighted by Gasteiger charge is 2.19. The normalized spacial score (nSPS) is 11.0. The highest BCUT2D eigenvalue weighted by atomic mass is 35.5. The Balaban J connectivity index is 1.85. The van der Waals surface area contributed by atoms with Crippen molar-refractivity contribution in [3.05, 3.63) is 90.1 Å². The zero-order chi connectivity index (χ0) is 23.4. The Hall–Kier alpha value is -4.20. The van der Waals surface area contributed by atoms with Crippen LogP contribution in [0.1, 0.15) is 5.76 Å². The van der Waals surface area contributed by atoms with Gasteiger partial charge in [0.2, 0.25) is 0 Å². The van der Waals surface area contributed by atoms with Gasteiger partial charge in [-0.05, 0) is 12.1 Å². The molecule has 0 spiro atoms. The van der Waals surface area contributed by atoms with Crippen molar-refractivity contribution >= 4 is 52.2 Å². The predicted molar refractivity (Wildman–Crippen MR) is 116 cm³/mol. The summed E-state index contributed by atoms with van der Waals surface area (Å²) in [5, 5.41) is 33.1. The maximum Gasteiger partial charge on any atom is 0.272 e. The fourth-order valence-electron chi connectivity index (χ4n) is 2.61. The van der Waals surface area contributed by atoms with Crippen LogP contribution in [0, 0.1) is 31.6 Å². The zero-order valence-corrected chi connectivity index (χ0v) is 17.3. The number of nitriles is 1. The van der Waals surface area contributed by atoms with E-state index in [-0.39, 0.29) is 38.4 Å². The van der Waals surface area contributed by atoms with Crippen LogP contribution in [0.3, 0.4) is 0 Å².